The fourth-order valence-electron chi connectivity index (χ4n) is 1.58. The van der Waals surface area contributed by atoms with Crippen molar-refractivity contribution in [3.63, 3.8) is 0 Å². The summed E-state index contributed by atoms with van der Waals surface area (Å²) in [5.74, 6) is 2.49. The van der Waals surface area contributed by atoms with Gasteiger partial charge in [0.15, 0.2) is 0 Å². The number of amides is 1. The molecule has 0 bridgehead atoms. The zero-order valence-corrected chi connectivity index (χ0v) is 8.50. The van der Waals surface area contributed by atoms with E-state index in [9.17, 15) is 4.79 Å². The first-order valence-electron chi connectivity index (χ1n) is 3.98. The second kappa shape index (κ2) is 3.47. The lowest BCUT2D eigenvalue weighted by atomic mass is 10.0. The number of rotatable bonds is 1. The molecule has 0 saturated carbocycles. The van der Waals surface area contributed by atoms with Crippen molar-refractivity contribution < 1.29 is 4.79 Å². The van der Waals surface area contributed by atoms with Gasteiger partial charge in [-0.25, -0.2) is 0 Å². The molecule has 1 amide bonds. The summed E-state index contributed by atoms with van der Waals surface area (Å²) >= 11 is 3.51. The van der Waals surface area contributed by atoms with Crippen molar-refractivity contribution in [2.75, 3.05) is 17.8 Å². The third kappa shape index (κ3) is 1.45. The smallest absolute Gasteiger partial charge is 0.227 e. The van der Waals surface area contributed by atoms with Crippen molar-refractivity contribution in [3.05, 3.63) is 0 Å². The molecular formula is C7H12N2OS2. The molecule has 12 heavy (non-hydrogen) atoms. The van der Waals surface area contributed by atoms with Gasteiger partial charge in [0.05, 0.1) is 5.92 Å². The first-order chi connectivity index (χ1) is 5.81. The summed E-state index contributed by atoms with van der Waals surface area (Å²) in [6.07, 6.45) is 2.00. The van der Waals surface area contributed by atoms with Crippen LogP contribution in [0.2, 0.25) is 0 Å². The van der Waals surface area contributed by atoms with E-state index in [0.717, 1.165) is 11.5 Å². The summed E-state index contributed by atoms with van der Waals surface area (Å²) in [4.78, 5) is 11.5. The quantitative estimate of drug-likeness (QED) is 0.635. The number of hydrogen-bond donors (Lipinski definition) is 2. The van der Waals surface area contributed by atoms with Crippen LogP contribution in [0, 0.1) is 5.92 Å². The molecule has 2 saturated heterocycles. The Morgan fingerprint density at radius 1 is 1.58 bits per heavy atom. The van der Waals surface area contributed by atoms with E-state index in [2.05, 4.69) is 10.6 Å². The van der Waals surface area contributed by atoms with Crippen LogP contribution in [0.15, 0.2) is 0 Å². The molecular weight excluding hydrogens is 192 g/mol. The highest BCUT2D eigenvalue weighted by Crippen LogP contribution is 2.27. The van der Waals surface area contributed by atoms with Crippen LogP contribution < -0.4 is 10.6 Å². The van der Waals surface area contributed by atoms with E-state index >= 15 is 0 Å². The van der Waals surface area contributed by atoms with Crippen LogP contribution in [-0.4, -0.2) is 35.2 Å². The first kappa shape index (κ1) is 8.72. The van der Waals surface area contributed by atoms with Gasteiger partial charge in [-0.2, -0.15) is 11.8 Å². The number of carbonyl (C=O) groups is 1. The summed E-state index contributed by atoms with van der Waals surface area (Å²) in [7, 11) is 0. The molecule has 2 heterocycles. The van der Waals surface area contributed by atoms with E-state index in [1.807, 2.05) is 18.0 Å². The summed E-state index contributed by atoms with van der Waals surface area (Å²) in [6, 6.07) is 0.404. The topological polar surface area (TPSA) is 41.1 Å². The lowest BCUT2D eigenvalue weighted by Crippen LogP contribution is -2.59. The predicted molar refractivity (Wildman–Crippen MR) is 53.2 cm³/mol. The van der Waals surface area contributed by atoms with Crippen LogP contribution >= 0.6 is 23.5 Å². The van der Waals surface area contributed by atoms with Crippen LogP contribution in [-0.2, 0) is 4.79 Å². The third-order valence-corrected chi connectivity index (χ3v) is 4.21. The molecule has 3 unspecified atom stereocenters. The number of hydrogen-bond acceptors (Lipinski definition) is 4. The maximum Gasteiger partial charge on any atom is 0.227 e. The Balaban J connectivity index is 2.05. The minimum absolute atomic E-state index is 0.123. The Morgan fingerprint density at radius 2 is 2.42 bits per heavy atom. The number of nitrogens with one attached hydrogen (secondary N) is 2. The molecule has 0 aliphatic carbocycles. The van der Waals surface area contributed by atoms with Gasteiger partial charge < -0.3 is 5.32 Å². The van der Waals surface area contributed by atoms with Crippen LogP contribution in [0.25, 0.3) is 0 Å². The molecule has 5 heteroatoms. The number of fused-ring (bicyclic) bond motifs is 1. The molecule has 3 atom stereocenters. The molecule has 2 aliphatic heterocycles. The van der Waals surface area contributed by atoms with Crippen molar-refractivity contribution in [3.8, 4) is 0 Å². The summed E-state index contributed by atoms with van der Waals surface area (Å²) < 4.78 is 0. The van der Waals surface area contributed by atoms with Gasteiger partial charge >= 0.3 is 0 Å². The van der Waals surface area contributed by atoms with E-state index in [-0.39, 0.29) is 17.3 Å². The minimum Gasteiger partial charge on any atom is -0.331 e. The second-order valence-corrected chi connectivity index (χ2v) is 5.06. The monoisotopic (exact) mass is 204 g/mol. The van der Waals surface area contributed by atoms with Crippen LogP contribution in [0.1, 0.15) is 0 Å². The van der Waals surface area contributed by atoms with E-state index in [1.54, 1.807) is 11.8 Å². The predicted octanol–water partition coefficient (Wildman–Crippen LogP) is 0.0840. The van der Waals surface area contributed by atoms with Gasteiger partial charge in [-0.1, -0.05) is 0 Å². The van der Waals surface area contributed by atoms with Gasteiger partial charge in [-0.15, -0.1) is 11.8 Å². The summed E-state index contributed by atoms with van der Waals surface area (Å²) in [5.41, 5.74) is 0.123. The second-order valence-electron chi connectivity index (χ2n) is 3.04. The average molecular weight is 204 g/mol. The number of thioether (sulfide) groups is 2. The third-order valence-electron chi connectivity index (χ3n) is 2.29. The highest BCUT2D eigenvalue weighted by Gasteiger charge is 2.39. The van der Waals surface area contributed by atoms with E-state index in [1.165, 1.54) is 0 Å². The van der Waals surface area contributed by atoms with Gasteiger partial charge in [-0.05, 0) is 6.26 Å². The van der Waals surface area contributed by atoms with Crippen molar-refractivity contribution >= 4 is 29.4 Å². The van der Waals surface area contributed by atoms with Crippen molar-refractivity contribution in [2.45, 2.75) is 11.5 Å². The highest BCUT2D eigenvalue weighted by molar-refractivity contribution is 7.99. The largest absolute Gasteiger partial charge is 0.331 e. The van der Waals surface area contributed by atoms with Crippen LogP contribution in [0.4, 0.5) is 0 Å². The van der Waals surface area contributed by atoms with Gasteiger partial charge in [0.25, 0.3) is 0 Å². The molecule has 0 aromatic rings. The standard InChI is InChI=1S/C7H12N2OS2/c1-11-7-8-5-3-12-2-4(5)6(10)9-7/h4-5,7-8H,2-3H2,1H3,(H,9,10). The summed E-state index contributed by atoms with van der Waals surface area (Å²) in [6.45, 7) is 0. The molecule has 0 aromatic carbocycles. The van der Waals surface area contributed by atoms with Gasteiger partial charge in [0, 0.05) is 17.5 Å². The first-order valence-corrected chi connectivity index (χ1v) is 6.42. The van der Waals surface area contributed by atoms with Crippen LogP contribution in [0.3, 0.4) is 0 Å². The fraction of sp³-hybridized carbons (Fsp3) is 0.857. The SMILES string of the molecule is CSC1NC(=O)C2CSCC2N1. The zero-order chi connectivity index (χ0) is 8.55. The molecule has 2 fully saturated rings. The van der Waals surface area contributed by atoms with Gasteiger partial charge in [0.2, 0.25) is 5.91 Å². The van der Waals surface area contributed by atoms with Gasteiger partial charge in [0.1, 0.15) is 5.50 Å². The van der Waals surface area contributed by atoms with E-state index in [0.29, 0.717) is 6.04 Å². The van der Waals surface area contributed by atoms with Crippen LogP contribution in [0.5, 0.6) is 0 Å². The maximum absolute atomic E-state index is 11.5. The van der Waals surface area contributed by atoms with Crippen molar-refractivity contribution in [1.29, 1.82) is 0 Å². The van der Waals surface area contributed by atoms with Crippen molar-refractivity contribution in [2.24, 2.45) is 5.92 Å². The highest BCUT2D eigenvalue weighted by atomic mass is 32.2. The number of carbonyl (C=O) groups excluding carboxylic acids is 1. The van der Waals surface area contributed by atoms with Crippen molar-refractivity contribution in [1.82, 2.24) is 10.6 Å². The molecule has 2 aliphatic rings. The Bertz CT molecular complexity index is 200. The molecule has 2 rings (SSSR count). The summed E-state index contributed by atoms with van der Waals surface area (Å²) in [5, 5.41) is 6.34. The Kier molecular flexibility index (Phi) is 2.52. The van der Waals surface area contributed by atoms with E-state index < -0.39 is 0 Å². The Labute approximate surface area is 80.4 Å². The maximum atomic E-state index is 11.5. The van der Waals surface area contributed by atoms with E-state index in [4.69, 9.17) is 0 Å². The molecule has 3 nitrogen and oxygen atoms in total. The molecule has 0 radical (unpaired) electrons. The Morgan fingerprint density at radius 3 is 3.17 bits per heavy atom. The minimum atomic E-state index is 0.123. The molecule has 2 N–H and O–H groups in total. The normalized spacial score (nSPS) is 40.8. The molecule has 68 valence electrons. The molecule has 0 aromatic heterocycles. The molecule has 0 spiro atoms. The lowest BCUT2D eigenvalue weighted by molar-refractivity contribution is -0.127. The average Bonchev–Trinajstić information content (AvgIpc) is 2.52. The Hall–Kier alpha value is 0.130. The lowest BCUT2D eigenvalue weighted by Gasteiger charge is -2.32. The fourth-order valence-corrected chi connectivity index (χ4v) is 3.48. The zero-order valence-electron chi connectivity index (χ0n) is 6.87. The van der Waals surface area contributed by atoms with Gasteiger partial charge in [-0.3, -0.25) is 10.1 Å².